The Hall–Kier alpha value is -2.58. The molecule has 1 saturated heterocycles. The number of ether oxygens (including phenoxy) is 2. The van der Waals surface area contributed by atoms with Crippen molar-refractivity contribution in [2.45, 2.75) is 43.5 Å². The van der Waals surface area contributed by atoms with E-state index in [0.29, 0.717) is 51.1 Å². The number of sulfonamides is 1. The number of hydrogen-bond acceptors (Lipinski definition) is 5. The van der Waals surface area contributed by atoms with E-state index in [1.807, 2.05) is 31.2 Å². The Kier molecular flexibility index (Phi) is 7.92. The van der Waals surface area contributed by atoms with Crippen LogP contribution in [0.5, 0.6) is 11.5 Å². The van der Waals surface area contributed by atoms with Gasteiger partial charge in [-0.15, -0.1) is 0 Å². The van der Waals surface area contributed by atoms with E-state index in [1.165, 1.54) is 4.31 Å². The SMILES string of the molecule is COc1ccc(S(=O)(=O)N2CCC(NC(=O)CCCOc3cccc(C)c3)CC2)cc1. The van der Waals surface area contributed by atoms with Crippen LogP contribution < -0.4 is 14.8 Å². The number of piperidine rings is 1. The highest BCUT2D eigenvalue weighted by Gasteiger charge is 2.29. The molecule has 1 aliphatic rings. The van der Waals surface area contributed by atoms with Gasteiger partial charge in [-0.3, -0.25) is 4.79 Å². The van der Waals surface area contributed by atoms with Crippen molar-refractivity contribution in [1.82, 2.24) is 9.62 Å². The molecule has 8 heteroatoms. The van der Waals surface area contributed by atoms with Gasteiger partial charge >= 0.3 is 0 Å². The first-order valence-electron chi connectivity index (χ1n) is 10.5. The number of rotatable bonds is 9. The third-order valence-corrected chi connectivity index (χ3v) is 7.24. The molecule has 0 unspecified atom stereocenters. The Balaban J connectivity index is 1.39. The fraction of sp³-hybridized carbons (Fsp3) is 0.435. The van der Waals surface area contributed by atoms with Crippen molar-refractivity contribution in [2.75, 3.05) is 26.8 Å². The molecule has 168 valence electrons. The number of nitrogens with zero attached hydrogens (tertiary/aromatic N) is 1. The van der Waals surface area contributed by atoms with Gasteiger partial charge in [-0.25, -0.2) is 8.42 Å². The van der Waals surface area contributed by atoms with Crippen molar-refractivity contribution in [3.8, 4) is 11.5 Å². The molecule has 0 spiro atoms. The standard InChI is InChI=1S/C23H30N2O5S/c1-18-5-3-6-21(17-18)30-16-4-7-23(26)24-19-12-14-25(15-13-19)31(27,28)22-10-8-20(29-2)9-11-22/h3,5-6,8-11,17,19H,4,7,12-16H2,1-2H3,(H,24,26). The molecule has 2 aromatic carbocycles. The van der Waals surface area contributed by atoms with Crippen LogP contribution in [0.25, 0.3) is 0 Å². The smallest absolute Gasteiger partial charge is 0.243 e. The molecule has 0 radical (unpaired) electrons. The van der Waals surface area contributed by atoms with E-state index in [1.54, 1.807) is 31.4 Å². The summed E-state index contributed by atoms with van der Waals surface area (Å²) in [6.07, 6.45) is 2.21. The van der Waals surface area contributed by atoms with Crippen LogP contribution in [0.4, 0.5) is 0 Å². The first-order valence-corrected chi connectivity index (χ1v) is 12.0. The van der Waals surface area contributed by atoms with Gasteiger partial charge in [0.15, 0.2) is 0 Å². The zero-order valence-corrected chi connectivity index (χ0v) is 18.9. The van der Waals surface area contributed by atoms with Crippen LogP contribution in [-0.4, -0.2) is 51.5 Å². The van der Waals surface area contributed by atoms with E-state index >= 15 is 0 Å². The Morgan fingerprint density at radius 3 is 2.45 bits per heavy atom. The van der Waals surface area contributed by atoms with E-state index in [9.17, 15) is 13.2 Å². The zero-order valence-electron chi connectivity index (χ0n) is 18.0. The maximum atomic E-state index is 12.8. The second kappa shape index (κ2) is 10.6. The minimum Gasteiger partial charge on any atom is -0.497 e. The van der Waals surface area contributed by atoms with Gasteiger partial charge in [-0.1, -0.05) is 12.1 Å². The lowest BCUT2D eigenvalue weighted by Crippen LogP contribution is -2.46. The Labute approximate surface area is 184 Å². The van der Waals surface area contributed by atoms with Crippen LogP contribution in [0.3, 0.4) is 0 Å². The van der Waals surface area contributed by atoms with Gasteiger partial charge in [0.2, 0.25) is 15.9 Å². The molecule has 31 heavy (non-hydrogen) atoms. The van der Waals surface area contributed by atoms with E-state index < -0.39 is 10.0 Å². The van der Waals surface area contributed by atoms with Gasteiger partial charge in [-0.2, -0.15) is 4.31 Å². The van der Waals surface area contributed by atoms with Crippen molar-refractivity contribution < 1.29 is 22.7 Å². The van der Waals surface area contributed by atoms with E-state index in [4.69, 9.17) is 9.47 Å². The molecule has 1 N–H and O–H groups in total. The minimum atomic E-state index is -3.54. The lowest BCUT2D eigenvalue weighted by atomic mass is 10.1. The number of benzene rings is 2. The quantitative estimate of drug-likeness (QED) is 0.598. The molecule has 0 atom stereocenters. The normalized spacial score (nSPS) is 15.4. The monoisotopic (exact) mass is 446 g/mol. The molecule has 1 fully saturated rings. The van der Waals surface area contributed by atoms with Crippen LogP contribution in [0.1, 0.15) is 31.2 Å². The van der Waals surface area contributed by atoms with Gasteiger partial charge in [0.1, 0.15) is 11.5 Å². The third-order valence-electron chi connectivity index (χ3n) is 5.32. The molecule has 0 saturated carbocycles. The Morgan fingerprint density at radius 1 is 1.10 bits per heavy atom. The molecule has 2 aromatic rings. The first-order chi connectivity index (χ1) is 14.9. The number of methoxy groups -OCH3 is 1. The number of amides is 1. The molecule has 0 aliphatic carbocycles. The summed E-state index contributed by atoms with van der Waals surface area (Å²) in [5.74, 6) is 1.40. The van der Waals surface area contributed by atoms with Crippen molar-refractivity contribution in [3.63, 3.8) is 0 Å². The molecule has 7 nitrogen and oxygen atoms in total. The number of carbonyl (C=O) groups excluding carboxylic acids is 1. The second-order valence-electron chi connectivity index (χ2n) is 7.69. The number of hydrogen-bond donors (Lipinski definition) is 1. The van der Waals surface area contributed by atoms with Crippen LogP contribution >= 0.6 is 0 Å². The van der Waals surface area contributed by atoms with Gasteiger partial charge in [-0.05, 0) is 68.1 Å². The summed E-state index contributed by atoms with van der Waals surface area (Å²) in [4.78, 5) is 12.5. The van der Waals surface area contributed by atoms with Gasteiger partial charge in [0.25, 0.3) is 0 Å². The maximum absolute atomic E-state index is 12.8. The minimum absolute atomic E-state index is 0.00694. The van der Waals surface area contributed by atoms with E-state index in [0.717, 1.165) is 11.3 Å². The Bertz CT molecular complexity index is 968. The summed E-state index contributed by atoms with van der Waals surface area (Å²) in [6, 6.07) is 14.2. The topological polar surface area (TPSA) is 84.9 Å². The highest BCUT2D eigenvalue weighted by molar-refractivity contribution is 7.89. The van der Waals surface area contributed by atoms with Crippen molar-refractivity contribution >= 4 is 15.9 Å². The summed E-state index contributed by atoms with van der Waals surface area (Å²) in [5.41, 5.74) is 1.13. The number of carbonyl (C=O) groups is 1. The Morgan fingerprint density at radius 2 is 1.81 bits per heavy atom. The average Bonchev–Trinajstić information content (AvgIpc) is 2.77. The second-order valence-corrected chi connectivity index (χ2v) is 9.63. The van der Waals surface area contributed by atoms with Crippen LogP contribution in [0, 0.1) is 6.92 Å². The van der Waals surface area contributed by atoms with Gasteiger partial charge in [0.05, 0.1) is 18.6 Å². The highest BCUT2D eigenvalue weighted by atomic mass is 32.2. The van der Waals surface area contributed by atoms with Crippen LogP contribution in [0.2, 0.25) is 0 Å². The summed E-state index contributed by atoms with van der Waals surface area (Å²) in [6.45, 7) is 3.26. The molecular formula is C23H30N2O5S. The number of aryl methyl sites for hydroxylation is 1. The summed E-state index contributed by atoms with van der Waals surface area (Å²) in [5, 5.41) is 3.02. The maximum Gasteiger partial charge on any atom is 0.243 e. The predicted molar refractivity (Wildman–Crippen MR) is 119 cm³/mol. The largest absolute Gasteiger partial charge is 0.497 e. The van der Waals surface area contributed by atoms with Crippen molar-refractivity contribution in [3.05, 3.63) is 54.1 Å². The lowest BCUT2D eigenvalue weighted by molar-refractivity contribution is -0.122. The van der Waals surface area contributed by atoms with Crippen LogP contribution in [-0.2, 0) is 14.8 Å². The van der Waals surface area contributed by atoms with Gasteiger partial charge < -0.3 is 14.8 Å². The third kappa shape index (κ3) is 6.45. The lowest BCUT2D eigenvalue weighted by Gasteiger charge is -2.31. The summed E-state index contributed by atoms with van der Waals surface area (Å²) >= 11 is 0. The molecule has 3 rings (SSSR count). The predicted octanol–water partition coefficient (Wildman–Crippen LogP) is 3.13. The fourth-order valence-electron chi connectivity index (χ4n) is 3.56. The molecule has 0 aromatic heterocycles. The summed E-state index contributed by atoms with van der Waals surface area (Å²) < 4.78 is 37.9. The molecule has 0 bridgehead atoms. The molecule has 1 amide bonds. The molecule has 1 aliphatic heterocycles. The van der Waals surface area contributed by atoms with Crippen molar-refractivity contribution in [1.29, 1.82) is 0 Å². The van der Waals surface area contributed by atoms with Crippen molar-refractivity contribution in [2.24, 2.45) is 0 Å². The molecular weight excluding hydrogens is 416 g/mol. The number of nitrogens with one attached hydrogen (secondary N) is 1. The van der Waals surface area contributed by atoms with E-state index in [-0.39, 0.29) is 16.8 Å². The average molecular weight is 447 g/mol. The van der Waals surface area contributed by atoms with Gasteiger partial charge in [0, 0.05) is 25.6 Å². The van der Waals surface area contributed by atoms with E-state index in [2.05, 4.69) is 5.32 Å². The van der Waals surface area contributed by atoms with Crippen LogP contribution in [0.15, 0.2) is 53.4 Å². The zero-order chi connectivity index (χ0) is 22.3. The first kappa shape index (κ1) is 23.1. The fourth-order valence-corrected chi connectivity index (χ4v) is 5.03. The molecule has 1 heterocycles. The highest BCUT2D eigenvalue weighted by Crippen LogP contribution is 2.23. The summed E-state index contributed by atoms with van der Waals surface area (Å²) in [7, 11) is -2.00.